The fraction of sp³-hybridized carbons (Fsp3) is 0.222. The van der Waals surface area contributed by atoms with Crippen LogP contribution in [0, 0.1) is 5.82 Å². The molecule has 1 aliphatic heterocycles. The largest absolute Gasteiger partial charge is 0.490 e. The molecule has 1 saturated heterocycles. The maximum Gasteiger partial charge on any atom is 0.308 e. The summed E-state index contributed by atoms with van der Waals surface area (Å²) in [5, 5.41) is 14.1. The quantitative estimate of drug-likeness (QED) is 0.304. The Bertz CT molecular complexity index is 1440. The van der Waals surface area contributed by atoms with E-state index in [0.29, 0.717) is 50.9 Å². The number of aliphatic hydroxyl groups is 1. The van der Waals surface area contributed by atoms with Crippen molar-refractivity contribution in [3.05, 3.63) is 83.4 Å². The fourth-order valence-corrected chi connectivity index (χ4v) is 4.23. The first-order chi connectivity index (χ1) is 17.9. The second-order valence-corrected chi connectivity index (χ2v) is 9.01. The average Bonchev–Trinajstić information content (AvgIpc) is 2.87. The van der Waals surface area contributed by atoms with Gasteiger partial charge in [-0.25, -0.2) is 14.4 Å². The van der Waals surface area contributed by atoms with E-state index >= 15 is 0 Å². The Labute approximate surface area is 217 Å². The summed E-state index contributed by atoms with van der Waals surface area (Å²) in [4.78, 5) is 20.2. The number of nitrogens with one attached hydrogen (secondary N) is 1. The highest BCUT2D eigenvalue weighted by molar-refractivity contribution is 6.32. The number of carbonyl (C=O) groups excluding carboxylic acids is 1. The van der Waals surface area contributed by atoms with Crippen molar-refractivity contribution < 1.29 is 28.5 Å². The Morgan fingerprint density at radius 2 is 2.00 bits per heavy atom. The normalized spacial score (nSPS) is 17.3. The summed E-state index contributed by atoms with van der Waals surface area (Å²) in [5.74, 6) is 0.789. The van der Waals surface area contributed by atoms with Crippen LogP contribution in [0.4, 0.5) is 15.9 Å². The van der Waals surface area contributed by atoms with Gasteiger partial charge in [0, 0.05) is 17.5 Å². The zero-order valence-electron chi connectivity index (χ0n) is 19.6. The van der Waals surface area contributed by atoms with Crippen LogP contribution in [-0.2, 0) is 16.1 Å². The van der Waals surface area contributed by atoms with E-state index in [1.54, 1.807) is 48.5 Å². The molecule has 2 N–H and O–H groups in total. The molecule has 1 aliphatic rings. The lowest BCUT2D eigenvalue weighted by atomic mass is 10.1. The van der Waals surface area contributed by atoms with E-state index in [0.717, 1.165) is 0 Å². The molecule has 8 nitrogen and oxygen atoms in total. The maximum absolute atomic E-state index is 13.4. The Balaban J connectivity index is 1.28. The molecule has 0 radical (unpaired) electrons. The summed E-state index contributed by atoms with van der Waals surface area (Å²) < 4.78 is 30.2. The molecular formula is C27H23ClFN3O5. The van der Waals surface area contributed by atoms with Crippen molar-refractivity contribution in [1.82, 2.24) is 9.97 Å². The molecule has 0 spiro atoms. The predicted molar refractivity (Wildman–Crippen MR) is 136 cm³/mol. The number of fused-ring (bicyclic) bond motifs is 1. The number of nitrogens with zero attached hydrogens (tertiary/aromatic N) is 2. The van der Waals surface area contributed by atoms with E-state index in [1.807, 2.05) is 0 Å². The highest BCUT2D eigenvalue weighted by Crippen LogP contribution is 2.32. The van der Waals surface area contributed by atoms with Crippen molar-refractivity contribution in [3.63, 3.8) is 0 Å². The first-order valence-corrected chi connectivity index (χ1v) is 12.0. The number of carbonyl (C=O) groups is 1. The van der Waals surface area contributed by atoms with Gasteiger partial charge in [0.1, 0.15) is 48.8 Å². The van der Waals surface area contributed by atoms with E-state index in [2.05, 4.69) is 15.3 Å². The number of cyclic esters (lactones) is 1. The van der Waals surface area contributed by atoms with Crippen LogP contribution in [0.15, 0.2) is 67.0 Å². The number of esters is 1. The highest BCUT2D eigenvalue weighted by atomic mass is 35.5. The molecule has 0 saturated carbocycles. The van der Waals surface area contributed by atoms with Gasteiger partial charge in [-0.1, -0.05) is 23.7 Å². The number of aromatic nitrogens is 2. The third kappa shape index (κ3) is 6.25. The van der Waals surface area contributed by atoms with E-state index < -0.39 is 18.2 Å². The summed E-state index contributed by atoms with van der Waals surface area (Å²) in [6.45, 7) is 0.306. The number of benzene rings is 3. The van der Waals surface area contributed by atoms with Gasteiger partial charge < -0.3 is 24.6 Å². The number of aliphatic hydroxyl groups excluding tert-OH is 1. The van der Waals surface area contributed by atoms with Gasteiger partial charge in [-0.05, 0) is 54.1 Å². The molecule has 4 aromatic rings. The molecule has 2 atom stereocenters. The van der Waals surface area contributed by atoms with E-state index in [4.69, 9.17) is 25.8 Å². The van der Waals surface area contributed by atoms with Crippen LogP contribution in [0.5, 0.6) is 11.5 Å². The van der Waals surface area contributed by atoms with Crippen LogP contribution in [0.3, 0.4) is 0 Å². The van der Waals surface area contributed by atoms with Crippen molar-refractivity contribution in [2.75, 3.05) is 11.9 Å². The number of hydrogen-bond donors (Lipinski definition) is 2. The fourth-order valence-electron chi connectivity index (χ4n) is 4.00. The number of hydrogen-bond acceptors (Lipinski definition) is 8. The number of ether oxygens (including phenoxy) is 3. The Kier molecular flexibility index (Phi) is 7.34. The summed E-state index contributed by atoms with van der Waals surface area (Å²) in [7, 11) is 0. The Hall–Kier alpha value is -3.95. The van der Waals surface area contributed by atoms with Crippen LogP contribution in [0.25, 0.3) is 10.9 Å². The summed E-state index contributed by atoms with van der Waals surface area (Å²) in [6, 6.07) is 16.8. The Morgan fingerprint density at radius 3 is 2.81 bits per heavy atom. The smallest absolute Gasteiger partial charge is 0.308 e. The average molecular weight is 524 g/mol. The van der Waals surface area contributed by atoms with Gasteiger partial charge in [0.25, 0.3) is 0 Å². The molecule has 0 unspecified atom stereocenters. The second-order valence-electron chi connectivity index (χ2n) is 8.61. The van der Waals surface area contributed by atoms with Crippen molar-refractivity contribution in [3.8, 4) is 11.5 Å². The molecule has 0 aliphatic carbocycles. The molecule has 10 heteroatoms. The van der Waals surface area contributed by atoms with Crippen molar-refractivity contribution >= 4 is 40.0 Å². The minimum atomic E-state index is -0.722. The monoisotopic (exact) mass is 523 g/mol. The van der Waals surface area contributed by atoms with Gasteiger partial charge in [0.15, 0.2) is 0 Å². The minimum Gasteiger partial charge on any atom is -0.490 e. The van der Waals surface area contributed by atoms with Crippen molar-refractivity contribution in [2.24, 2.45) is 0 Å². The van der Waals surface area contributed by atoms with Crippen molar-refractivity contribution in [2.45, 2.75) is 31.7 Å². The lowest BCUT2D eigenvalue weighted by Gasteiger charge is -2.25. The van der Waals surface area contributed by atoms with Crippen LogP contribution >= 0.6 is 11.6 Å². The Morgan fingerprint density at radius 1 is 1.11 bits per heavy atom. The standard InChI is InChI=1S/C27H23ClFN3O5/c28-23-9-18(4-7-25(23)36-13-16-2-1-3-17(29)8-16)32-27-22-12-20(5-6-24(22)30-15-31-27)35-14-21-10-19(33)11-26(34)37-21/h1-9,12,15,19,21,33H,10-11,13-14H2,(H,30,31,32)/t19-,21+/m1/s1. The van der Waals surface area contributed by atoms with Gasteiger partial charge >= 0.3 is 5.97 Å². The molecule has 3 aromatic carbocycles. The van der Waals surface area contributed by atoms with Gasteiger partial charge in [-0.2, -0.15) is 0 Å². The molecule has 5 rings (SSSR count). The molecule has 1 aromatic heterocycles. The number of anilines is 2. The van der Waals surface area contributed by atoms with Gasteiger partial charge in [-0.3, -0.25) is 4.79 Å². The van der Waals surface area contributed by atoms with Crippen LogP contribution < -0.4 is 14.8 Å². The molecule has 37 heavy (non-hydrogen) atoms. The van der Waals surface area contributed by atoms with Crippen molar-refractivity contribution in [1.29, 1.82) is 0 Å². The molecule has 1 fully saturated rings. The lowest BCUT2D eigenvalue weighted by Crippen LogP contribution is -2.36. The van der Waals surface area contributed by atoms with E-state index in [-0.39, 0.29) is 25.5 Å². The summed E-state index contributed by atoms with van der Waals surface area (Å²) in [5.41, 5.74) is 2.07. The first kappa shape index (κ1) is 24.7. The van der Waals surface area contributed by atoms with E-state index in [9.17, 15) is 14.3 Å². The maximum atomic E-state index is 13.4. The lowest BCUT2D eigenvalue weighted by molar-refractivity contribution is -0.162. The topological polar surface area (TPSA) is 103 Å². The summed E-state index contributed by atoms with van der Waals surface area (Å²) >= 11 is 6.43. The number of rotatable bonds is 8. The van der Waals surface area contributed by atoms with E-state index in [1.165, 1.54) is 18.5 Å². The molecular weight excluding hydrogens is 501 g/mol. The molecule has 190 valence electrons. The summed E-state index contributed by atoms with van der Waals surface area (Å²) in [6.07, 6.45) is 0.550. The zero-order valence-corrected chi connectivity index (χ0v) is 20.3. The molecule has 2 heterocycles. The zero-order chi connectivity index (χ0) is 25.8. The first-order valence-electron chi connectivity index (χ1n) is 11.6. The molecule has 0 bridgehead atoms. The van der Waals surface area contributed by atoms with Crippen LogP contribution in [0.2, 0.25) is 5.02 Å². The third-order valence-corrected chi connectivity index (χ3v) is 6.05. The van der Waals surface area contributed by atoms with Crippen LogP contribution in [0.1, 0.15) is 18.4 Å². The third-order valence-electron chi connectivity index (χ3n) is 5.76. The number of halogens is 2. The minimum absolute atomic E-state index is 0.00295. The predicted octanol–water partition coefficient (Wildman–Crippen LogP) is 5.19. The van der Waals surface area contributed by atoms with Gasteiger partial charge in [-0.15, -0.1) is 0 Å². The highest BCUT2D eigenvalue weighted by Gasteiger charge is 2.27. The van der Waals surface area contributed by atoms with Gasteiger partial charge in [0.05, 0.1) is 23.1 Å². The SMILES string of the molecule is O=C1C[C@H](O)C[C@@H](COc2ccc3ncnc(Nc4ccc(OCc5cccc(F)c5)c(Cl)c4)c3c2)O1. The second kappa shape index (κ2) is 11.0. The molecule has 0 amide bonds. The van der Waals surface area contributed by atoms with Gasteiger partial charge in [0.2, 0.25) is 0 Å². The van der Waals surface area contributed by atoms with Crippen LogP contribution in [-0.4, -0.2) is 39.9 Å².